The molecule has 3 rings (SSSR count). The van der Waals surface area contributed by atoms with Gasteiger partial charge in [0.05, 0.1) is 0 Å². The highest BCUT2D eigenvalue weighted by molar-refractivity contribution is 5.93. The molecule has 0 spiro atoms. The number of rotatable bonds is 4. The van der Waals surface area contributed by atoms with Crippen LogP contribution in [0.25, 0.3) is 0 Å². The minimum absolute atomic E-state index is 0.274. The number of carboxylic acid groups (broad SMARTS) is 1. The number of pyridine rings is 2. The van der Waals surface area contributed by atoms with Crippen LogP contribution in [-0.4, -0.2) is 34.1 Å². The molecule has 0 aromatic carbocycles. The Morgan fingerprint density at radius 1 is 1.24 bits per heavy atom. The van der Waals surface area contributed by atoms with E-state index in [4.69, 9.17) is 0 Å². The fourth-order valence-electron chi connectivity index (χ4n) is 2.82. The first-order valence-corrected chi connectivity index (χ1v) is 7.07. The van der Waals surface area contributed by atoms with Crippen molar-refractivity contribution in [1.29, 1.82) is 0 Å². The van der Waals surface area contributed by atoms with Gasteiger partial charge in [0.1, 0.15) is 11.4 Å². The van der Waals surface area contributed by atoms with Crippen molar-refractivity contribution in [3.8, 4) is 0 Å². The Morgan fingerprint density at radius 2 is 2.10 bits per heavy atom. The molecule has 108 valence electrons. The van der Waals surface area contributed by atoms with Crippen LogP contribution in [0.1, 0.15) is 22.5 Å². The highest BCUT2D eigenvalue weighted by Gasteiger charge is 2.26. The fourth-order valence-corrected chi connectivity index (χ4v) is 2.82. The van der Waals surface area contributed by atoms with Gasteiger partial charge in [-0.1, -0.05) is 6.07 Å². The number of anilines is 1. The first-order chi connectivity index (χ1) is 10.2. The maximum absolute atomic E-state index is 11.3. The van der Waals surface area contributed by atoms with Gasteiger partial charge in [-0.25, -0.2) is 9.78 Å². The summed E-state index contributed by atoms with van der Waals surface area (Å²) in [6.07, 6.45) is 5.41. The summed E-state index contributed by atoms with van der Waals surface area (Å²) in [4.78, 5) is 22.0. The molecule has 1 saturated heterocycles. The molecule has 1 N–H and O–H groups in total. The molecular formula is C16H17N3O2. The number of hydrogen-bond acceptors (Lipinski definition) is 4. The standard InChI is InChI=1S/C16H17N3O2/c20-16(21)14-5-3-8-18-15(14)19-9-6-12(11-19)10-13-4-1-2-7-17-13/h1-5,7-8,12H,6,9-11H2,(H,20,21). The molecule has 1 atom stereocenters. The number of aromatic carboxylic acids is 1. The van der Waals surface area contributed by atoms with Crippen molar-refractivity contribution in [1.82, 2.24) is 9.97 Å². The lowest BCUT2D eigenvalue weighted by Gasteiger charge is -2.19. The zero-order valence-electron chi connectivity index (χ0n) is 11.6. The number of aromatic nitrogens is 2. The van der Waals surface area contributed by atoms with Crippen molar-refractivity contribution in [2.24, 2.45) is 5.92 Å². The fraction of sp³-hybridized carbons (Fsp3) is 0.312. The van der Waals surface area contributed by atoms with Crippen LogP contribution in [0.3, 0.4) is 0 Å². The maximum atomic E-state index is 11.3. The molecule has 3 heterocycles. The SMILES string of the molecule is O=C(O)c1cccnc1N1CCC(Cc2ccccn2)C1. The summed E-state index contributed by atoms with van der Waals surface area (Å²) in [5.41, 5.74) is 1.36. The van der Waals surface area contributed by atoms with Crippen LogP contribution >= 0.6 is 0 Å². The Kier molecular flexibility index (Phi) is 3.81. The highest BCUT2D eigenvalue weighted by Crippen LogP contribution is 2.26. The second-order valence-corrected chi connectivity index (χ2v) is 5.31. The van der Waals surface area contributed by atoms with Crippen LogP contribution in [0.2, 0.25) is 0 Å². The Balaban J connectivity index is 1.71. The Labute approximate surface area is 123 Å². The van der Waals surface area contributed by atoms with Crippen LogP contribution in [-0.2, 0) is 6.42 Å². The van der Waals surface area contributed by atoms with Gasteiger partial charge in [-0.2, -0.15) is 0 Å². The van der Waals surface area contributed by atoms with Crippen LogP contribution < -0.4 is 4.90 Å². The molecule has 2 aromatic rings. The molecule has 1 unspecified atom stereocenters. The predicted octanol–water partition coefficient (Wildman–Crippen LogP) is 2.24. The molecular weight excluding hydrogens is 266 g/mol. The Bertz CT molecular complexity index is 630. The molecule has 0 amide bonds. The van der Waals surface area contributed by atoms with Crippen molar-refractivity contribution in [2.45, 2.75) is 12.8 Å². The lowest BCUT2D eigenvalue weighted by atomic mass is 10.0. The molecule has 0 radical (unpaired) electrons. The van der Waals surface area contributed by atoms with Crippen molar-refractivity contribution < 1.29 is 9.90 Å². The van der Waals surface area contributed by atoms with Crippen LogP contribution in [0.4, 0.5) is 5.82 Å². The van der Waals surface area contributed by atoms with E-state index in [0.29, 0.717) is 11.7 Å². The first-order valence-electron chi connectivity index (χ1n) is 7.07. The molecule has 5 nitrogen and oxygen atoms in total. The van der Waals surface area contributed by atoms with E-state index in [2.05, 4.69) is 14.9 Å². The average molecular weight is 283 g/mol. The van der Waals surface area contributed by atoms with Crippen molar-refractivity contribution >= 4 is 11.8 Å². The third kappa shape index (κ3) is 3.02. The third-order valence-electron chi connectivity index (χ3n) is 3.83. The van der Waals surface area contributed by atoms with Crippen LogP contribution in [0.5, 0.6) is 0 Å². The molecule has 21 heavy (non-hydrogen) atoms. The molecule has 1 aliphatic rings. The highest BCUT2D eigenvalue weighted by atomic mass is 16.4. The number of hydrogen-bond donors (Lipinski definition) is 1. The predicted molar refractivity (Wildman–Crippen MR) is 79.5 cm³/mol. The van der Waals surface area contributed by atoms with E-state index >= 15 is 0 Å². The van der Waals surface area contributed by atoms with Gasteiger partial charge in [0.25, 0.3) is 0 Å². The summed E-state index contributed by atoms with van der Waals surface area (Å²) in [5, 5.41) is 9.25. The van der Waals surface area contributed by atoms with E-state index in [1.807, 2.05) is 24.4 Å². The lowest BCUT2D eigenvalue weighted by molar-refractivity contribution is 0.0697. The van der Waals surface area contributed by atoms with Crippen molar-refractivity contribution in [3.05, 3.63) is 54.0 Å². The largest absolute Gasteiger partial charge is 0.478 e. The van der Waals surface area contributed by atoms with Gasteiger partial charge >= 0.3 is 5.97 Å². The van der Waals surface area contributed by atoms with E-state index < -0.39 is 5.97 Å². The molecule has 2 aromatic heterocycles. The lowest BCUT2D eigenvalue weighted by Crippen LogP contribution is -2.23. The molecule has 0 aliphatic carbocycles. The second kappa shape index (κ2) is 5.91. The van der Waals surface area contributed by atoms with Gasteiger partial charge in [0, 0.05) is 31.2 Å². The van der Waals surface area contributed by atoms with Gasteiger partial charge in [-0.05, 0) is 43.0 Å². The van der Waals surface area contributed by atoms with Crippen LogP contribution in [0.15, 0.2) is 42.7 Å². The summed E-state index contributed by atoms with van der Waals surface area (Å²) in [6.45, 7) is 1.67. The molecule has 5 heteroatoms. The quantitative estimate of drug-likeness (QED) is 0.932. The number of nitrogens with zero attached hydrogens (tertiary/aromatic N) is 3. The molecule has 0 bridgehead atoms. The zero-order valence-corrected chi connectivity index (χ0v) is 11.6. The van der Waals surface area contributed by atoms with Crippen molar-refractivity contribution in [3.63, 3.8) is 0 Å². The summed E-state index contributed by atoms with van der Waals surface area (Å²) in [5.74, 6) is 0.142. The Morgan fingerprint density at radius 3 is 2.86 bits per heavy atom. The summed E-state index contributed by atoms with van der Waals surface area (Å²) in [7, 11) is 0. The van der Waals surface area contributed by atoms with E-state index in [1.165, 1.54) is 0 Å². The third-order valence-corrected chi connectivity index (χ3v) is 3.83. The number of carbonyl (C=O) groups is 1. The van der Waals surface area contributed by atoms with E-state index in [-0.39, 0.29) is 5.56 Å². The Hall–Kier alpha value is -2.43. The maximum Gasteiger partial charge on any atom is 0.339 e. The van der Waals surface area contributed by atoms with Gasteiger partial charge in [-0.15, -0.1) is 0 Å². The summed E-state index contributed by atoms with van der Waals surface area (Å²) in [6, 6.07) is 9.21. The minimum Gasteiger partial charge on any atom is -0.478 e. The second-order valence-electron chi connectivity index (χ2n) is 5.31. The van der Waals surface area contributed by atoms with Gasteiger partial charge in [0.15, 0.2) is 0 Å². The minimum atomic E-state index is -0.925. The molecule has 1 aliphatic heterocycles. The summed E-state index contributed by atoms with van der Waals surface area (Å²) >= 11 is 0. The zero-order chi connectivity index (χ0) is 14.7. The first kappa shape index (κ1) is 13.5. The molecule has 1 fully saturated rings. The topological polar surface area (TPSA) is 66.3 Å². The number of carboxylic acids is 1. The van der Waals surface area contributed by atoms with E-state index in [9.17, 15) is 9.90 Å². The van der Waals surface area contributed by atoms with Crippen molar-refractivity contribution in [2.75, 3.05) is 18.0 Å². The molecule has 0 saturated carbocycles. The van der Waals surface area contributed by atoms with Crippen LogP contribution in [0, 0.1) is 5.92 Å². The normalized spacial score (nSPS) is 17.9. The van der Waals surface area contributed by atoms with E-state index in [0.717, 1.165) is 31.6 Å². The summed E-state index contributed by atoms with van der Waals surface area (Å²) < 4.78 is 0. The van der Waals surface area contributed by atoms with Gasteiger partial charge in [0.2, 0.25) is 0 Å². The van der Waals surface area contributed by atoms with E-state index in [1.54, 1.807) is 18.3 Å². The smallest absolute Gasteiger partial charge is 0.339 e. The monoisotopic (exact) mass is 283 g/mol. The average Bonchev–Trinajstić information content (AvgIpc) is 2.96. The van der Waals surface area contributed by atoms with Gasteiger partial charge in [-0.3, -0.25) is 4.98 Å². The van der Waals surface area contributed by atoms with Gasteiger partial charge < -0.3 is 10.0 Å².